The van der Waals surface area contributed by atoms with Gasteiger partial charge >= 0.3 is 5.97 Å². The van der Waals surface area contributed by atoms with Crippen LogP contribution in [0.15, 0.2) is 0 Å². The van der Waals surface area contributed by atoms with E-state index in [1.54, 1.807) is 6.92 Å². The molecule has 0 aliphatic carbocycles. The molecule has 1 aliphatic heterocycles. The van der Waals surface area contributed by atoms with Crippen molar-refractivity contribution in [1.82, 2.24) is 5.06 Å². The number of imide groups is 1. The Balaban J connectivity index is 2.57. The summed E-state index contributed by atoms with van der Waals surface area (Å²) in [7, 11) is 0. The van der Waals surface area contributed by atoms with Crippen LogP contribution in [0.25, 0.3) is 0 Å². The average molecular weight is 245 g/mol. The number of hydrogen-bond donors (Lipinski definition) is 1. The standard InChI is InChI=1S/C10H15NO4S/c1-6(5-16)7(2)10(14)15-11-8(12)3-4-9(11)13/h6-7,16H,3-5H2,1-2H3. The molecule has 5 nitrogen and oxygen atoms in total. The molecule has 90 valence electrons. The van der Waals surface area contributed by atoms with Gasteiger partial charge in [-0.05, 0) is 11.7 Å². The Kier molecular flexibility index (Phi) is 4.35. The highest BCUT2D eigenvalue weighted by Crippen LogP contribution is 2.18. The minimum Gasteiger partial charge on any atom is -0.330 e. The van der Waals surface area contributed by atoms with Gasteiger partial charge in [0, 0.05) is 12.8 Å². The summed E-state index contributed by atoms with van der Waals surface area (Å²) in [6, 6.07) is 0. The zero-order chi connectivity index (χ0) is 12.3. The number of thiol groups is 1. The largest absolute Gasteiger partial charge is 0.336 e. The molecule has 1 rings (SSSR count). The number of hydrogen-bond acceptors (Lipinski definition) is 5. The van der Waals surface area contributed by atoms with Crippen molar-refractivity contribution in [3.8, 4) is 0 Å². The van der Waals surface area contributed by atoms with Gasteiger partial charge in [0.25, 0.3) is 11.8 Å². The van der Waals surface area contributed by atoms with Gasteiger partial charge in [0.2, 0.25) is 0 Å². The smallest absolute Gasteiger partial charge is 0.330 e. The third-order valence-electron chi connectivity index (χ3n) is 2.70. The van der Waals surface area contributed by atoms with Crippen molar-refractivity contribution < 1.29 is 19.2 Å². The number of rotatable bonds is 4. The number of nitrogens with zero attached hydrogens (tertiary/aromatic N) is 1. The molecule has 0 aromatic carbocycles. The molecule has 0 spiro atoms. The Morgan fingerprint density at radius 3 is 2.31 bits per heavy atom. The van der Waals surface area contributed by atoms with Crippen molar-refractivity contribution >= 4 is 30.4 Å². The maximum absolute atomic E-state index is 11.6. The van der Waals surface area contributed by atoms with E-state index >= 15 is 0 Å². The van der Waals surface area contributed by atoms with E-state index in [9.17, 15) is 14.4 Å². The van der Waals surface area contributed by atoms with Gasteiger partial charge in [-0.25, -0.2) is 4.79 Å². The van der Waals surface area contributed by atoms with Crippen molar-refractivity contribution in [1.29, 1.82) is 0 Å². The first-order valence-electron chi connectivity index (χ1n) is 5.15. The molecule has 1 saturated heterocycles. The highest BCUT2D eigenvalue weighted by Gasteiger charge is 2.34. The van der Waals surface area contributed by atoms with Gasteiger partial charge in [0.15, 0.2) is 0 Å². The van der Waals surface area contributed by atoms with Crippen LogP contribution in [0.3, 0.4) is 0 Å². The van der Waals surface area contributed by atoms with Crippen LogP contribution < -0.4 is 0 Å². The van der Waals surface area contributed by atoms with Crippen molar-refractivity contribution in [3.05, 3.63) is 0 Å². The Labute approximate surface area is 99.5 Å². The molecule has 0 radical (unpaired) electrons. The predicted octanol–water partition coefficient (Wildman–Crippen LogP) is 0.796. The Morgan fingerprint density at radius 1 is 1.38 bits per heavy atom. The zero-order valence-electron chi connectivity index (χ0n) is 9.30. The van der Waals surface area contributed by atoms with E-state index in [0.717, 1.165) is 0 Å². The lowest BCUT2D eigenvalue weighted by atomic mass is 9.98. The molecule has 16 heavy (non-hydrogen) atoms. The van der Waals surface area contributed by atoms with Gasteiger partial charge in [-0.15, -0.1) is 5.06 Å². The lowest BCUT2D eigenvalue weighted by Crippen LogP contribution is -2.35. The molecule has 2 atom stereocenters. The lowest BCUT2D eigenvalue weighted by Gasteiger charge is -2.19. The van der Waals surface area contributed by atoms with Gasteiger partial charge in [-0.1, -0.05) is 13.8 Å². The Morgan fingerprint density at radius 2 is 1.88 bits per heavy atom. The highest BCUT2D eigenvalue weighted by molar-refractivity contribution is 7.80. The molecular formula is C10H15NO4S. The molecule has 1 fully saturated rings. The van der Waals surface area contributed by atoms with E-state index in [4.69, 9.17) is 4.84 Å². The molecule has 0 aromatic rings. The molecule has 1 heterocycles. The van der Waals surface area contributed by atoms with Crippen LogP contribution in [0.1, 0.15) is 26.7 Å². The normalized spacial score (nSPS) is 19.8. The third kappa shape index (κ3) is 2.75. The summed E-state index contributed by atoms with van der Waals surface area (Å²) in [6.45, 7) is 3.54. The van der Waals surface area contributed by atoms with Crippen molar-refractivity contribution in [3.63, 3.8) is 0 Å². The first-order valence-corrected chi connectivity index (χ1v) is 5.79. The molecule has 2 amide bonds. The van der Waals surface area contributed by atoms with Crippen LogP contribution in [0.5, 0.6) is 0 Å². The van der Waals surface area contributed by atoms with Gasteiger partial charge in [-0.3, -0.25) is 9.59 Å². The number of carbonyl (C=O) groups is 3. The molecular weight excluding hydrogens is 230 g/mol. The van der Waals surface area contributed by atoms with Gasteiger partial charge < -0.3 is 4.84 Å². The predicted molar refractivity (Wildman–Crippen MR) is 59.4 cm³/mol. The van der Waals surface area contributed by atoms with Crippen LogP contribution in [-0.2, 0) is 19.2 Å². The minimum absolute atomic E-state index is 0.0311. The Bertz CT molecular complexity index is 302. The zero-order valence-corrected chi connectivity index (χ0v) is 10.2. The SMILES string of the molecule is CC(CS)C(C)C(=O)ON1C(=O)CCC1=O. The van der Waals surface area contributed by atoms with E-state index in [1.165, 1.54) is 0 Å². The quantitative estimate of drug-likeness (QED) is 0.587. The first kappa shape index (κ1) is 13.0. The van der Waals surface area contributed by atoms with Crippen LogP contribution in [0.4, 0.5) is 0 Å². The topological polar surface area (TPSA) is 63.7 Å². The van der Waals surface area contributed by atoms with E-state index in [1.807, 2.05) is 6.92 Å². The van der Waals surface area contributed by atoms with E-state index in [2.05, 4.69) is 12.6 Å². The second kappa shape index (κ2) is 5.34. The lowest BCUT2D eigenvalue weighted by molar-refractivity contribution is -0.201. The summed E-state index contributed by atoms with van der Waals surface area (Å²) in [5, 5.41) is 0.573. The summed E-state index contributed by atoms with van der Waals surface area (Å²) < 4.78 is 0. The van der Waals surface area contributed by atoms with Gasteiger partial charge in [0.05, 0.1) is 5.92 Å². The summed E-state index contributed by atoms with van der Waals surface area (Å²) in [6.07, 6.45) is 0.227. The summed E-state index contributed by atoms with van der Waals surface area (Å²) in [5.74, 6) is -1.29. The van der Waals surface area contributed by atoms with Crippen LogP contribution in [-0.4, -0.2) is 28.6 Å². The second-order valence-electron chi connectivity index (χ2n) is 3.94. The minimum atomic E-state index is -0.565. The first-order chi connectivity index (χ1) is 7.47. The fourth-order valence-electron chi connectivity index (χ4n) is 1.22. The molecule has 1 aliphatic rings. The summed E-state index contributed by atoms with van der Waals surface area (Å²) >= 11 is 4.08. The average Bonchev–Trinajstić information content (AvgIpc) is 2.58. The molecule has 0 saturated carbocycles. The van der Waals surface area contributed by atoms with Crippen molar-refractivity contribution in [2.75, 3.05) is 5.75 Å². The van der Waals surface area contributed by atoms with Crippen LogP contribution in [0, 0.1) is 11.8 Å². The maximum Gasteiger partial charge on any atom is 0.336 e. The van der Waals surface area contributed by atoms with Crippen molar-refractivity contribution in [2.24, 2.45) is 11.8 Å². The molecule has 0 N–H and O–H groups in total. The van der Waals surface area contributed by atoms with E-state index < -0.39 is 23.7 Å². The highest BCUT2D eigenvalue weighted by atomic mass is 32.1. The number of hydroxylamine groups is 2. The van der Waals surface area contributed by atoms with E-state index in [-0.39, 0.29) is 18.8 Å². The van der Waals surface area contributed by atoms with E-state index in [0.29, 0.717) is 10.8 Å². The van der Waals surface area contributed by atoms with Crippen LogP contribution in [0.2, 0.25) is 0 Å². The number of carbonyl (C=O) groups excluding carboxylic acids is 3. The number of amides is 2. The van der Waals surface area contributed by atoms with Gasteiger partial charge in [-0.2, -0.15) is 12.6 Å². The third-order valence-corrected chi connectivity index (χ3v) is 3.28. The monoisotopic (exact) mass is 245 g/mol. The van der Waals surface area contributed by atoms with Crippen molar-refractivity contribution in [2.45, 2.75) is 26.7 Å². The Hall–Kier alpha value is -1.04. The fourth-order valence-corrected chi connectivity index (χ4v) is 1.54. The molecule has 0 bridgehead atoms. The second-order valence-corrected chi connectivity index (χ2v) is 4.31. The molecule has 2 unspecified atom stereocenters. The van der Waals surface area contributed by atoms with Gasteiger partial charge in [0.1, 0.15) is 0 Å². The summed E-state index contributed by atoms with van der Waals surface area (Å²) in [5.41, 5.74) is 0. The fraction of sp³-hybridized carbons (Fsp3) is 0.700. The maximum atomic E-state index is 11.6. The molecule has 6 heteroatoms. The van der Waals surface area contributed by atoms with Crippen LogP contribution >= 0.6 is 12.6 Å². The summed E-state index contributed by atoms with van der Waals surface area (Å²) in [4.78, 5) is 38.8. The molecule has 0 aromatic heterocycles.